The third-order valence-electron chi connectivity index (χ3n) is 4.90. The standard InChI is InChI=1S/C22H23N7O4S/c1-16(30)24-17-6-8-20(9-7-17)34(32,33)27(2)15-22(31)26-18-11-23-29(13-18)14-19-12-28-10-4-3-5-21(28)25-19/h3-13H,14-15H2,1-2H3,(H,24,30)(H,26,31). The number of amides is 2. The van der Waals surface area contributed by atoms with Crippen molar-refractivity contribution in [2.45, 2.75) is 18.4 Å². The fraction of sp³-hybridized carbons (Fsp3) is 0.182. The minimum Gasteiger partial charge on any atom is -0.326 e. The Kier molecular flexibility index (Phi) is 6.43. The highest BCUT2D eigenvalue weighted by atomic mass is 32.2. The first kappa shape index (κ1) is 23.1. The Labute approximate surface area is 196 Å². The summed E-state index contributed by atoms with van der Waals surface area (Å²) in [5.41, 5.74) is 2.56. The summed E-state index contributed by atoms with van der Waals surface area (Å²) in [5, 5.41) is 9.46. The van der Waals surface area contributed by atoms with Gasteiger partial charge in [0.1, 0.15) is 5.65 Å². The van der Waals surface area contributed by atoms with Crippen molar-refractivity contribution in [3.05, 3.63) is 72.9 Å². The lowest BCUT2D eigenvalue weighted by Crippen LogP contribution is -2.34. The average molecular weight is 482 g/mol. The summed E-state index contributed by atoms with van der Waals surface area (Å²) in [6.07, 6.45) is 6.94. The van der Waals surface area contributed by atoms with Crippen molar-refractivity contribution in [1.82, 2.24) is 23.5 Å². The van der Waals surface area contributed by atoms with Crippen LogP contribution >= 0.6 is 0 Å². The molecule has 4 rings (SSSR count). The summed E-state index contributed by atoms with van der Waals surface area (Å²) in [6, 6.07) is 11.4. The van der Waals surface area contributed by atoms with Crippen LogP contribution in [0, 0.1) is 0 Å². The Balaban J connectivity index is 1.35. The Morgan fingerprint density at radius 1 is 1.03 bits per heavy atom. The number of aromatic nitrogens is 4. The number of nitrogens with one attached hydrogen (secondary N) is 2. The van der Waals surface area contributed by atoms with E-state index >= 15 is 0 Å². The van der Waals surface area contributed by atoms with E-state index in [1.54, 1.807) is 10.9 Å². The summed E-state index contributed by atoms with van der Waals surface area (Å²) in [4.78, 5) is 28.1. The molecule has 0 bridgehead atoms. The number of carbonyl (C=O) groups excluding carboxylic acids is 2. The molecule has 0 aliphatic rings. The van der Waals surface area contributed by atoms with Gasteiger partial charge in [-0.25, -0.2) is 13.4 Å². The summed E-state index contributed by atoms with van der Waals surface area (Å²) in [5.74, 6) is -0.765. The molecular weight excluding hydrogens is 458 g/mol. The highest BCUT2D eigenvalue weighted by Gasteiger charge is 2.23. The largest absolute Gasteiger partial charge is 0.326 e. The molecular formula is C22H23N7O4S. The third kappa shape index (κ3) is 5.30. The molecule has 2 N–H and O–H groups in total. The van der Waals surface area contributed by atoms with Crippen molar-refractivity contribution in [2.75, 3.05) is 24.2 Å². The van der Waals surface area contributed by atoms with Crippen LogP contribution in [-0.4, -0.2) is 57.3 Å². The molecule has 1 aromatic carbocycles. The maximum atomic E-state index is 12.8. The zero-order valence-electron chi connectivity index (χ0n) is 18.5. The molecule has 12 heteroatoms. The number of anilines is 2. The number of hydrogen-bond acceptors (Lipinski definition) is 6. The maximum Gasteiger partial charge on any atom is 0.243 e. The van der Waals surface area contributed by atoms with E-state index in [-0.39, 0.29) is 17.3 Å². The predicted octanol–water partition coefficient (Wildman–Crippen LogP) is 1.80. The minimum atomic E-state index is -3.89. The molecule has 3 heterocycles. The van der Waals surface area contributed by atoms with Gasteiger partial charge in [0.2, 0.25) is 21.8 Å². The molecule has 0 saturated carbocycles. The lowest BCUT2D eigenvalue weighted by molar-refractivity contribution is -0.116. The molecule has 0 fully saturated rings. The monoisotopic (exact) mass is 481 g/mol. The van der Waals surface area contributed by atoms with Gasteiger partial charge in [0.15, 0.2) is 0 Å². The van der Waals surface area contributed by atoms with Crippen LogP contribution in [-0.2, 0) is 26.2 Å². The molecule has 0 aliphatic carbocycles. The summed E-state index contributed by atoms with van der Waals surface area (Å²) < 4.78 is 30.0. The Morgan fingerprint density at radius 2 is 1.79 bits per heavy atom. The van der Waals surface area contributed by atoms with Crippen LogP contribution in [0.15, 0.2) is 72.1 Å². The van der Waals surface area contributed by atoms with E-state index in [0.717, 1.165) is 15.6 Å². The first-order valence-electron chi connectivity index (χ1n) is 10.3. The van der Waals surface area contributed by atoms with Gasteiger partial charge in [-0.3, -0.25) is 14.3 Å². The molecule has 0 aliphatic heterocycles. The average Bonchev–Trinajstić information content (AvgIpc) is 3.39. The lowest BCUT2D eigenvalue weighted by atomic mass is 10.3. The third-order valence-corrected chi connectivity index (χ3v) is 6.72. The number of rotatable bonds is 8. The number of hydrogen-bond donors (Lipinski definition) is 2. The lowest BCUT2D eigenvalue weighted by Gasteiger charge is -2.17. The molecule has 0 unspecified atom stereocenters. The normalized spacial score (nSPS) is 11.6. The van der Waals surface area contributed by atoms with E-state index in [1.165, 1.54) is 44.4 Å². The summed E-state index contributed by atoms with van der Waals surface area (Å²) >= 11 is 0. The molecule has 3 aromatic heterocycles. The van der Waals surface area contributed by atoms with E-state index in [0.29, 0.717) is 17.9 Å². The van der Waals surface area contributed by atoms with Crippen molar-refractivity contribution in [2.24, 2.45) is 0 Å². The van der Waals surface area contributed by atoms with Crippen molar-refractivity contribution < 1.29 is 18.0 Å². The van der Waals surface area contributed by atoms with E-state index in [2.05, 4.69) is 20.7 Å². The second kappa shape index (κ2) is 9.45. The van der Waals surface area contributed by atoms with E-state index in [1.807, 2.05) is 35.0 Å². The minimum absolute atomic E-state index is 0.0113. The van der Waals surface area contributed by atoms with E-state index in [9.17, 15) is 18.0 Å². The van der Waals surface area contributed by atoms with Gasteiger partial charge >= 0.3 is 0 Å². The van der Waals surface area contributed by atoms with Crippen LogP contribution in [0.3, 0.4) is 0 Å². The first-order chi connectivity index (χ1) is 16.2. The number of carbonyl (C=O) groups is 2. The van der Waals surface area contributed by atoms with Crippen LogP contribution in [0.25, 0.3) is 5.65 Å². The molecule has 34 heavy (non-hydrogen) atoms. The van der Waals surface area contributed by atoms with Crippen molar-refractivity contribution in [3.8, 4) is 0 Å². The second-order valence-electron chi connectivity index (χ2n) is 7.64. The van der Waals surface area contributed by atoms with Crippen LogP contribution in [0.1, 0.15) is 12.6 Å². The maximum absolute atomic E-state index is 12.8. The van der Waals surface area contributed by atoms with Crippen LogP contribution < -0.4 is 10.6 Å². The van der Waals surface area contributed by atoms with E-state index < -0.39 is 15.9 Å². The Morgan fingerprint density at radius 3 is 2.50 bits per heavy atom. The number of nitrogens with zero attached hydrogens (tertiary/aromatic N) is 5. The van der Waals surface area contributed by atoms with Gasteiger partial charge in [-0.05, 0) is 36.4 Å². The van der Waals surface area contributed by atoms with Gasteiger partial charge in [0.25, 0.3) is 0 Å². The zero-order chi connectivity index (χ0) is 24.3. The van der Waals surface area contributed by atoms with Crippen LogP contribution in [0.5, 0.6) is 0 Å². The number of fused-ring (bicyclic) bond motifs is 1. The number of sulfonamides is 1. The van der Waals surface area contributed by atoms with Crippen molar-refractivity contribution >= 4 is 38.9 Å². The van der Waals surface area contributed by atoms with Crippen molar-refractivity contribution in [3.63, 3.8) is 0 Å². The Bertz CT molecular complexity index is 1410. The van der Waals surface area contributed by atoms with Gasteiger partial charge in [0.05, 0.1) is 35.6 Å². The van der Waals surface area contributed by atoms with Crippen LogP contribution in [0.4, 0.5) is 11.4 Å². The smallest absolute Gasteiger partial charge is 0.243 e. The fourth-order valence-electron chi connectivity index (χ4n) is 3.33. The highest BCUT2D eigenvalue weighted by molar-refractivity contribution is 7.89. The van der Waals surface area contributed by atoms with Gasteiger partial charge in [-0.2, -0.15) is 9.40 Å². The van der Waals surface area contributed by atoms with E-state index in [4.69, 9.17) is 0 Å². The molecule has 0 saturated heterocycles. The molecule has 0 radical (unpaired) electrons. The second-order valence-corrected chi connectivity index (χ2v) is 9.68. The quantitative estimate of drug-likeness (QED) is 0.395. The molecule has 176 valence electrons. The fourth-order valence-corrected chi connectivity index (χ4v) is 4.45. The number of benzene rings is 1. The first-order valence-corrected chi connectivity index (χ1v) is 11.7. The number of imidazole rings is 1. The number of likely N-dealkylation sites (N-methyl/N-ethyl adjacent to an activating group) is 1. The number of pyridine rings is 1. The predicted molar refractivity (Wildman–Crippen MR) is 126 cm³/mol. The van der Waals surface area contributed by atoms with Gasteiger partial charge < -0.3 is 15.0 Å². The summed E-state index contributed by atoms with van der Waals surface area (Å²) in [7, 11) is -2.57. The van der Waals surface area contributed by atoms with Gasteiger partial charge in [-0.1, -0.05) is 6.07 Å². The van der Waals surface area contributed by atoms with Gasteiger partial charge in [0, 0.05) is 38.2 Å². The zero-order valence-corrected chi connectivity index (χ0v) is 19.4. The summed E-state index contributed by atoms with van der Waals surface area (Å²) in [6.45, 7) is 1.40. The topological polar surface area (TPSA) is 131 Å². The highest BCUT2D eigenvalue weighted by Crippen LogP contribution is 2.18. The van der Waals surface area contributed by atoms with Crippen LogP contribution in [0.2, 0.25) is 0 Å². The molecule has 11 nitrogen and oxygen atoms in total. The molecule has 2 amide bonds. The van der Waals surface area contributed by atoms with Crippen molar-refractivity contribution in [1.29, 1.82) is 0 Å². The molecule has 0 atom stereocenters. The van der Waals surface area contributed by atoms with Gasteiger partial charge in [-0.15, -0.1) is 0 Å². The Hall–Kier alpha value is -4.03. The molecule has 0 spiro atoms. The molecule has 4 aromatic rings. The SMILES string of the molecule is CC(=O)Nc1ccc(S(=O)(=O)N(C)CC(=O)Nc2cnn(Cc3cn4ccccc4n3)c2)cc1.